The zero-order valence-electron chi connectivity index (χ0n) is 7.33. The summed E-state index contributed by atoms with van der Waals surface area (Å²) >= 11 is 0. The highest BCUT2D eigenvalue weighted by Gasteiger charge is 2.07. The van der Waals surface area contributed by atoms with E-state index in [9.17, 15) is 0 Å². The predicted molar refractivity (Wildman–Crippen MR) is 59.7 cm³/mol. The molecule has 0 nitrogen and oxygen atoms in total. The number of hydrogen-bond acceptors (Lipinski definition) is 0. The van der Waals surface area contributed by atoms with E-state index in [4.69, 9.17) is 0 Å². The van der Waals surface area contributed by atoms with Gasteiger partial charge in [0, 0.05) is 47.6 Å². The van der Waals surface area contributed by atoms with Crippen molar-refractivity contribution >= 4 is 47.6 Å². The van der Waals surface area contributed by atoms with Crippen molar-refractivity contribution in [3.05, 3.63) is 0 Å². The smallest absolute Gasteiger partial charge is 0.0381 e. The summed E-state index contributed by atoms with van der Waals surface area (Å²) in [6.45, 7) is 4.69. The number of hydrogen-bond donors (Lipinski definition) is 0. The van der Waals surface area contributed by atoms with Crippen LogP contribution in [0.3, 0.4) is 0 Å². The third-order valence-corrected chi connectivity index (χ3v) is 12.2. The van der Waals surface area contributed by atoms with Gasteiger partial charge in [0.1, 0.15) is 0 Å². The lowest BCUT2D eigenvalue weighted by Gasteiger charge is -2.10. The molecule has 0 N–H and O–H groups in total. The Labute approximate surface area is 83.4 Å². The average molecular weight is 227 g/mol. The second-order valence-corrected chi connectivity index (χ2v) is 11.5. The highest BCUT2D eigenvalue weighted by Crippen LogP contribution is 2.03. The van der Waals surface area contributed by atoms with Gasteiger partial charge in [-0.25, -0.2) is 0 Å². The summed E-state index contributed by atoms with van der Waals surface area (Å²) in [7, 11) is 7.23. The van der Waals surface area contributed by atoms with Crippen molar-refractivity contribution in [2.24, 2.45) is 0 Å². The van der Waals surface area contributed by atoms with Gasteiger partial charge in [0.2, 0.25) is 0 Å². The molecule has 0 unspecified atom stereocenters. The van der Waals surface area contributed by atoms with Crippen LogP contribution in [0.1, 0.15) is 0 Å². The van der Waals surface area contributed by atoms with Crippen LogP contribution in [0.4, 0.5) is 0 Å². The van der Waals surface area contributed by atoms with Crippen LogP contribution in [0, 0.1) is 0 Å². The molecule has 10 radical (unpaired) electrons. The molecule has 0 fully saturated rings. The molecule has 5 heteroatoms. The Hall–Kier alpha value is 1.08. The minimum absolute atomic E-state index is 0.0968. The van der Waals surface area contributed by atoms with Gasteiger partial charge in [0.05, 0.1) is 0 Å². The molecule has 0 rings (SSSR count). The van der Waals surface area contributed by atoms with Crippen LogP contribution in [0.25, 0.3) is 0 Å². The maximum atomic E-state index is 3.56. The summed E-state index contributed by atoms with van der Waals surface area (Å²) in [5.74, 6) is 0. The zero-order valence-corrected chi connectivity index (χ0v) is 12.3. The van der Waals surface area contributed by atoms with Crippen molar-refractivity contribution in [2.45, 2.75) is 35.8 Å². The maximum Gasteiger partial charge on any atom is 0.0381 e. The molecule has 0 spiro atoms. The van der Waals surface area contributed by atoms with Gasteiger partial charge in [-0.15, -0.1) is 0 Å². The summed E-state index contributed by atoms with van der Waals surface area (Å²) in [4.78, 5) is 0. The SMILES string of the molecule is C[Si]C[Si](C[Si]C)C[Si]C[Si]. The summed E-state index contributed by atoms with van der Waals surface area (Å²) in [5.41, 5.74) is 5.94. The van der Waals surface area contributed by atoms with Crippen LogP contribution in [-0.2, 0) is 0 Å². The fraction of sp³-hybridized carbons (Fsp3) is 1.00. The van der Waals surface area contributed by atoms with Crippen molar-refractivity contribution in [3.8, 4) is 0 Å². The van der Waals surface area contributed by atoms with Crippen molar-refractivity contribution in [3.63, 3.8) is 0 Å². The van der Waals surface area contributed by atoms with Gasteiger partial charge in [0.25, 0.3) is 0 Å². The van der Waals surface area contributed by atoms with Crippen molar-refractivity contribution in [2.75, 3.05) is 0 Å². The summed E-state index contributed by atoms with van der Waals surface area (Å²) < 4.78 is 0. The molecule has 0 atom stereocenters. The van der Waals surface area contributed by atoms with Crippen molar-refractivity contribution in [1.29, 1.82) is 0 Å². The Kier molecular flexibility index (Phi) is 10.1. The third kappa shape index (κ3) is 7.45. The van der Waals surface area contributed by atoms with E-state index in [1.807, 2.05) is 0 Å². The largest absolute Gasteiger partial charge is 0.0735 e. The Morgan fingerprint density at radius 2 is 1.64 bits per heavy atom. The summed E-state index contributed by atoms with van der Waals surface area (Å²) in [5, 5.41) is 0. The standard InChI is InChI=1S/C6H14Si5/c1-8-4-11(5-9-2)6-10-3-7/h3-6H2,1-2H3. The number of rotatable bonds is 7. The molecule has 0 bridgehead atoms. The first kappa shape index (κ1) is 12.1. The molecule has 0 aliphatic heterocycles. The van der Waals surface area contributed by atoms with Crippen LogP contribution in [0.15, 0.2) is 0 Å². The third-order valence-electron chi connectivity index (χ3n) is 1.35. The van der Waals surface area contributed by atoms with Crippen LogP contribution in [0.2, 0.25) is 35.8 Å². The molecule has 0 aromatic rings. The predicted octanol–water partition coefficient (Wildman–Crippen LogP) is 1.11. The molecule has 0 saturated carbocycles. The van der Waals surface area contributed by atoms with E-state index in [0.717, 1.165) is 0 Å². The lowest BCUT2D eigenvalue weighted by molar-refractivity contribution is 1.64. The highest BCUT2D eigenvalue weighted by atomic mass is 28.4. The second kappa shape index (κ2) is 9.17. The van der Waals surface area contributed by atoms with E-state index in [1.165, 1.54) is 34.2 Å². The average Bonchev–Trinajstić information content (AvgIpc) is 2.01. The Morgan fingerprint density at radius 1 is 1.09 bits per heavy atom. The van der Waals surface area contributed by atoms with E-state index in [0.29, 0.717) is 0 Å². The summed E-state index contributed by atoms with van der Waals surface area (Å²) in [6, 6.07) is 0. The molecule has 0 amide bonds. The second-order valence-electron chi connectivity index (χ2n) is 2.41. The Morgan fingerprint density at radius 3 is 2.00 bits per heavy atom. The van der Waals surface area contributed by atoms with Gasteiger partial charge in [-0.05, 0) is 0 Å². The highest BCUT2D eigenvalue weighted by molar-refractivity contribution is 6.81. The molecular formula is C6H14Si5. The van der Waals surface area contributed by atoms with Gasteiger partial charge in [0.15, 0.2) is 0 Å². The van der Waals surface area contributed by atoms with Crippen LogP contribution in [-0.4, -0.2) is 47.6 Å². The lowest BCUT2D eigenvalue weighted by Crippen LogP contribution is -2.19. The maximum absolute atomic E-state index is 3.56. The van der Waals surface area contributed by atoms with E-state index >= 15 is 0 Å². The van der Waals surface area contributed by atoms with E-state index < -0.39 is 0 Å². The lowest BCUT2D eigenvalue weighted by atomic mass is 11.7. The van der Waals surface area contributed by atoms with Gasteiger partial charge < -0.3 is 0 Å². The normalized spacial score (nSPS) is 10.9. The molecule has 0 heterocycles. The van der Waals surface area contributed by atoms with Crippen LogP contribution < -0.4 is 0 Å². The molecular weight excluding hydrogens is 212 g/mol. The van der Waals surface area contributed by atoms with Crippen molar-refractivity contribution in [1.82, 2.24) is 0 Å². The monoisotopic (exact) mass is 226 g/mol. The van der Waals surface area contributed by atoms with Gasteiger partial charge >= 0.3 is 0 Å². The summed E-state index contributed by atoms with van der Waals surface area (Å²) in [6.07, 6.45) is 0. The fourth-order valence-electron chi connectivity index (χ4n) is 0.927. The quantitative estimate of drug-likeness (QED) is 0.571. The molecule has 0 aliphatic carbocycles. The van der Waals surface area contributed by atoms with E-state index in [2.05, 4.69) is 23.3 Å². The molecule has 0 aliphatic rings. The Bertz CT molecular complexity index is 71.4. The molecule has 0 aromatic carbocycles. The van der Waals surface area contributed by atoms with Crippen LogP contribution >= 0.6 is 0 Å². The molecule has 0 aromatic heterocycles. The van der Waals surface area contributed by atoms with Gasteiger partial charge in [-0.1, -0.05) is 35.8 Å². The van der Waals surface area contributed by atoms with Gasteiger partial charge in [-0.3, -0.25) is 0 Å². The van der Waals surface area contributed by atoms with E-state index in [1.54, 1.807) is 17.0 Å². The molecule has 58 valence electrons. The topological polar surface area (TPSA) is 0 Å². The van der Waals surface area contributed by atoms with Gasteiger partial charge in [-0.2, -0.15) is 0 Å². The fourth-order valence-corrected chi connectivity index (χ4v) is 12.8. The molecule has 11 heavy (non-hydrogen) atoms. The minimum Gasteiger partial charge on any atom is -0.0735 e. The zero-order chi connectivity index (χ0) is 8.53. The Balaban J connectivity index is 3.34. The van der Waals surface area contributed by atoms with E-state index in [-0.39, 0.29) is 8.80 Å². The molecule has 0 saturated heterocycles. The van der Waals surface area contributed by atoms with Crippen molar-refractivity contribution < 1.29 is 0 Å². The van der Waals surface area contributed by atoms with Crippen LogP contribution in [0.5, 0.6) is 0 Å². The first-order valence-electron chi connectivity index (χ1n) is 3.83. The first-order chi connectivity index (χ1) is 5.35. The first-order valence-corrected chi connectivity index (χ1v) is 11.5. The minimum atomic E-state index is 0.0968.